The Balaban J connectivity index is 1.79. The number of thioether (sulfide) groups is 1. The average Bonchev–Trinajstić information content (AvgIpc) is 3.11. The summed E-state index contributed by atoms with van der Waals surface area (Å²) in [6, 6.07) is 7.87. The number of aliphatic carboxylic acids is 1. The van der Waals surface area contributed by atoms with Gasteiger partial charge in [0.1, 0.15) is 5.01 Å². The third-order valence-corrected chi connectivity index (χ3v) is 7.07. The number of benzene rings is 2. The monoisotopic (exact) mass is 506 g/mol. The number of carboxylic acid groups (broad SMARTS) is 1. The predicted molar refractivity (Wildman–Crippen MR) is 109 cm³/mol. The molecule has 0 spiro atoms. The SMILES string of the molecule is O=C(O)CC1Sc2ccccc2N(Cc2nc3c(C(F)(F)F)c(C(F)(F)F)ccc3s2)C1=O. The van der Waals surface area contributed by atoms with Crippen LogP contribution in [0.15, 0.2) is 41.3 Å². The first-order valence-corrected chi connectivity index (χ1v) is 10.9. The van der Waals surface area contributed by atoms with Gasteiger partial charge in [-0.3, -0.25) is 9.59 Å². The zero-order valence-electron chi connectivity index (χ0n) is 16.2. The van der Waals surface area contributed by atoms with Gasteiger partial charge in [0.2, 0.25) is 5.91 Å². The lowest BCUT2D eigenvalue weighted by Gasteiger charge is -2.32. The van der Waals surface area contributed by atoms with E-state index in [1.807, 2.05) is 0 Å². The summed E-state index contributed by atoms with van der Waals surface area (Å²) in [6.07, 6.45) is -11.0. The average molecular weight is 506 g/mol. The molecule has 2 heterocycles. The Labute approximate surface area is 190 Å². The minimum atomic E-state index is -5.30. The molecule has 0 saturated carbocycles. The van der Waals surface area contributed by atoms with E-state index in [0.717, 1.165) is 29.2 Å². The van der Waals surface area contributed by atoms with Crippen molar-refractivity contribution in [1.82, 2.24) is 4.98 Å². The van der Waals surface area contributed by atoms with Crippen LogP contribution in [-0.2, 0) is 28.5 Å². The molecular formula is C20H12F6N2O3S2. The fourth-order valence-corrected chi connectivity index (χ4v) is 5.67. The maximum absolute atomic E-state index is 13.6. The van der Waals surface area contributed by atoms with Crippen LogP contribution in [0.5, 0.6) is 0 Å². The lowest BCUT2D eigenvalue weighted by molar-refractivity contribution is -0.161. The molecule has 5 nitrogen and oxygen atoms in total. The highest BCUT2D eigenvalue weighted by Gasteiger charge is 2.45. The molecule has 0 saturated heterocycles. The van der Waals surface area contributed by atoms with E-state index in [1.165, 1.54) is 4.90 Å². The number of fused-ring (bicyclic) bond motifs is 2. The zero-order valence-corrected chi connectivity index (χ0v) is 17.8. The summed E-state index contributed by atoms with van der Waals surface area (Å²) in [7, 11) is 0. The van der Waals surface area contributed by atoms with E-state index in [-0.39, 0.29) is 16.3 Å². The van der Waals surface area contributed by atoms with Crippen molar-refractivity contribution in [3.05, 3.63) is 52.5 Å². The molecule has 33 heavy (non-hydrogen) atoms. The molecule has 1 atom stereocenters. The molecular weight excluding hydrogens is 494 g/mol. The highest BCUT2D eigenvalue weighted by molar-refractivity contribution is 8.01. The van der Waals surface area contributed by atoms with Crippen LogP contribution in [0.1, 0.15) is 22.6 Å². The number of thiazole rings is 1. The van der Waals surface area contributed by atoms with E-state index in [2.05, 4.69) is 4.98 Å². The maximum atomic E-state index is 13.6. The number of amides is 1. The first-order valence-electron chi connectivity index (χ1n) is 9.22. The lowest BCUT2D eigenvalue weighted by atomic mass is 10.1. The molecule has 1 unspecified atom stereocenters. The Kier molecular flexibility index (Phi) is 5.81. The molecule has 0 bridgehead atoms. The Morgan fingerprint density at radius 3 is 2.39 bits per heavy atom. The number of aromatic nitrogens is 1. The number of hydrogen-bond acceptors (Lipinski definition) is 5. The Bertz CT molecular complexity index is 1250. The van der Waals surface area contributed by atoms with Crippen molar-refractivity contribution in [2.75, 3.05) is 4.90 Å². The van der Waals surface area contributed by atoms with Crippen LogP contribution in [0, 0.1) is 0 Å². The maximum Gasteiger partial charge on any atom is 0.419 e. The van der Waals surface area contributed by atoms with Crippen molar-refractivity contribution in [1.29, 1.82) is 0 Å². The second kappa shape index (κ2) is 8.20. The van der Waals surface area contributed by atoms with Gasteiger partial charge in [-0.25, -0.2) is 4.98 Å². The molecule has 2 aromatic carbocycles. The Morgan fingerprint density at radius 2 is 1.76 bits per heavy atom. The number of para-hydroxylation sites is 1. The van der Waals surface area contributed by atoms with E-state index in [0.29, 0.717) is 16.6 Å². The Hall–Kier alpha value is -2.80. The summed E-state index contributed by atoms with van der Waals surface area (Å²) in [5.74, 6) is -1.78. The van der Waals surface area contributed by atoms with Crippen LogP contribution < -0.4 is 4.90 Å². The molecule has 1 aromatic heterocycles. The molecule has 1 N–H and O–H groups in total. The normalized spacial score (nSPS) is 16.8. The summed E-state index contributed by atoms with van der Waals surface area (Å²) < 4.78 is 80.2. The first kappa shape index (κ1) is 23.4. The van der Waals surface area contributed by atoms with E-state index < -0.39 is 52.5 Å². The summed E-state index contributed by atoms with van der Waals surface area (Å²) in [5, 5.41) is 8.13. The van der Waals surface area contributed by atoms with E-state index in [9.17, 15) is 35.9 Å². The number of hydrogen-bond donors (Lipinski definition) is 1. The second-order valence-electron chi connectivity index (χ2n) is 7.03. The number of carbonyl (C=O) groups excluding carboxylic acids is 1. The summed E-state index contributed by atoms with van der Waals surface area (Å²) in [5.41, 5.74) is -4.14. The van der Waals surface area contributed by atoms with Crippen molar-refractivity contribution in [2.45, 2.75) is 35.5 Å². The number of alkyl halides is 6. The van der Waals surface area contributed by atoms with Gasteiger partial charge in [0.25, 0.3) is 0 Å². The van der Waals surface area contributed by atoms with E-state index in [1.54, 1.807) is 24.3 Å². The van der Waals surface area contributed by atoms with Crippen LogP contribution in [-0.4, -0.2) is 27.2 Å². The van der Waals surface area contributed by atoms with Gasteiger partial charge < -0.3 is 10.0 Å². The summed E-state index contributed by atoms with van der Waals surface area (Å²) in [6.45, 7) is -0.315. The van der Waals surface area contributed by atoms with Gasteiger partial charge in [-0.05, 0) is 24.3 Å². The molecule has 174 valence electrons. The lowest BCUT2D eigenvalue weighted by Crippen LogP contribution is -2.41. The number of carbonyl (C=O) groups is 2. The van der Waals surface area contributed by atoms with E-state index in [4.69, 9.17) is 5.11 Å². The van der Waals surface area contributed by atoms with Crippen molar-refractivity contribution >= 4 is 50.9 Å². The molecule has 13 heteroatoms. The molecule has 1 aliphatic rings. The number of halogens is 6. The predicted octanol–water partition coefficient (Wildman–Crippen LogP) is 5.82. The van der Waals surface area contributed by atoms with Crippen molar-refractivity contribution in [3.63, 3.8) is 0 Å². The number of rotatable bonds is 4. The fraction of sp³-hybridized carbons (Fsp3) is 0.250. The van der Waals surface area contributed by atoms with Crippen molar-refractivity contribution in [2.24, 2.45) is 0 Å². The van der Waals surface area contributed by atoms with Crippen LogP contribution >= 0.6 is 23.1 Å². The third kappa shape index (κ3) is 4.51. The topological polar surface area (TPSA) is 70.5 Å². The summed E-state index contributed by atoms with van der Waals surface area (Å²) in [4.78, 5) is 29.7. The molecule has 0 fully saturated rings. The largest absolute Gasteiger partial charge is 0.481 e. The fourth-order valence-electron chi connectivity index (χ4n) is 3.49. The van der Waals surface area contributed by atoms with Gasteiger partial charge in [-0.15, -0.1) is 23.1 Å². The van der Waals surface area contributed by atoms with Crippen molar-refractivity contribution in [3.8, 4) is 0 Å². The van der Waals surface area contributed by atoms with Gasteiger partial charge in [-0.1, -0.05) is 12.1 Å². The zero-order chi connectivity index (χ0) is 24.1. The van der Waals surface area contributed by atoms with Gasteiger partial charge >= 0.3 is 18.3 Å². The Morgan fingerprint density at radius 1 is 1.06 bits per heavy atom. The third-order valence-electron chi connectivity index (χ3n) is 4.81. The molecule has 1 amide bonds. The van der Waals surface area contributed by atoms with Gasteiger partial charge in [0.15, 0.2) is 0 Å². The molecule has 0 radical (unpaired) electrons. The van der Waals surface area contributed by atoms with E-state index >= 15 is 0 Å². The highest BCUT2D eigenvalue weighted by atomic mass is 32.2. The minimum absolute atomic E-state index is 0.0149. The first-order chi connectivity index (χ1) is 15.4. The molecule has 1 aliphatic heterocycles. The minimum Gasteiger partial charge on any atom is -0.481 e. The van der Waals surface area contributed by atoms with Crippen LogP contribution in [0.3, 0.4) is 0 Å². The standard InChI is InChI=1S/C20H12F6N2O3S2/c21-19(22,23)9-5-6-12-17(16(9)20(24,25)26)27-14(33-12)8-28-10-3-1-2-4-11(10)32-13(18(28)31)7-15(29)30/h1-6,13H,7-8H2,(H,29,30). The van der Waals surface area contributed by atoms with Gasteiger partial charge in [0, 0.05) is 4.90 Å². The number of nitrogens with zero attached hydrogens (tertiary/aromatic N) is 2. The van der Waals surface area contributed by atoms with Gasteiger partial charge in [-0.2, -0.15) is 26.3 Å². The molecule has 3 aromatic rings. The van der Waals surface area contributed by atoms with Crippen LogP contribution in [0.4, 0.5) is 32.0 Å². The smallest absolute Gasteiger partial charge is 0.419 e. The quantitative estimate of drug-likeness (QED) is 0.452. The molecule has 0 aliphatic carbocycles. The highest BCUT2D eigenvalue weighted by Crippen LogP contribution is 2.45. The van der Waals surface area contributed by atoms with Crippen molar-refractivity contribution < 1.29 is 41.0 Å². The molecule has 4 rings (SSSR count). The van der Waals surface area contributed by atoms with Crippen LogP contribution in [0.2, 0.25) is 0 Å². The second-order valence-corrected chi connectivity index (χ2v) is 9.39. The number of anilines is 1. The van der Waals surface area contributed by atoms with Gasteiger partial charge in [0.05, 0.1) is 45.2 Å². The summed E-state index contributed by atoms with van der Waals surface area (Å²) >= 11 is 1.80. The van der Waals surface area contributed by atoms with Crippen LogP contribution in [0.25, 0.3) is 10.2 Å². The number of carboxylic acids is 1.